The maximum Gasteiger partial charge on any atom is 0.405 e. The molecule has 0 atom stereocenters. The quantitative estimate of drug-likeness (QED) is 0.654. The molecule has 0 bridgehead atoms. The largest absolute Gasteiger partial charge is 0.484 e. The van der Waals surface area contributed by atoms with Crippen molar-refractivity contribution in [2.24, 2.45) is 0 Å². The van der Waals surface area contributed by atoms with Gasteiger partial charge >= 0.3 is 6.18 Å². The minimum atomic E-state index is -4.54. The lowest BCUT2D eigenvalue weighted by atomic mass is 10.1. The van der Waals surface area contributed by atoms with Gasteiger partial charge in [0.2, 0.25) is 0 Å². The van der Waals surface area contributed by atoms with E-state index in [4.69, 9.17) is 4.74 Å². The van der Waals surface area contributed by atoms with E-state index in [9.17, 15) is 27.6 Å². The van der Waals surface area contributed by atoms with Crippen LogP contribution in [-0.2, 0) is 4.79 Å². The van der Waals surface area contributed by atoms with Gasteiger partial charge in [0.1, 0.15) is 12.3 Å². The van der Waals surface area contributed by atoms with E-state index in [0.29, 0.717) is 17.7 Å². The third-order valence-electron chi connectivity index (χ3n) is 3.76. The fourth-order valence-electron chi connectivity index (χ4n) is 2.34. The number of para-hydroxylation sites is 1. The third-order valence-corrected chi connectivity index (χ3v) is 3.76. The number of carbonyl (C=O) groups is 3. The number of nitrogens with one attached hydrogen (secondary N) is 2. The number of carbonyl (C=O) groups excluding carboxylic acids is 3. The summed E-state index contributed by atoms with van der Waals surface area (Å²) in [6, 6.07) is 12.0. The van der Waals surface area contributed by atoms with Gasteiger partial charge in [-0.2, -0.15) is 13.2 Å². The van der Waals surface area contributed by atoms with Crippen LogP contribution in [0, 0.1) is 0 Å². The number of Topliss-reactive ketones (excluding diaryl/α,β-unsaturated/α-hetero) is 1. The van der Waals surface area contributed by atoms with Crippen molar-refractivity contribution >= 4 is 23.3 Å². The lowest BCUT2D eigenvalue weighted by molar-refractivity contribution is -0.123. The summed E-state index contributed by atoms with van der Waals surface area (Å²) in [6.07, 6.45) is -4.17. The number of hydrogen-bond acceptors (Lipinski definition) is 4. The van der Waals surface area contributed by atoms with Gasteiger partial charge in [-0.15, -0.1) is 0 Å². The number of amides is 2. The van der Waals surface area contributed by atoms with Gasteiger partial charge < -0.3 is 15.4 Å². The summed E-state index contributed by atoms with van der Waals surface area (Å²) in [6.45, 7) is -0.119. The van der Waals surface area contributed by atoms with E-state index in [2.05, 4.69) is 5.32 Å². The average Bonchev–Trinajstić information content (AvgIpc) is 2.70. The molecule has 0 radical (unpaired) electrons. The molecule has 2 aromatic rings. The van der Waals surface area contributed by atoms with Crippen molar-refractivity contribution < 1.29 is 32.3 Å². The van der Waals surface area contributed by atoms with Gasteiger partial charge in [0.15, 0.2) is 12.4 Å². The van der Waals surface area contributed by atoms with Gasteiger partial charge in [0, 0.05) is 12.0 Å². The summed E-state index contributed by atoms with van der Waals surface area (Å²) < 4.78 is 42.1. The number of alkyl halides is 3. The SMILES string of the molecule is CCC(=O)c1ccc(OCC(=O)Nc2ccccc2C(=O)NCC(F)(F)F)cc1. The second-order valence-electron chi connectivity index (χ2n) is 5.98. The van der Waals surface area contributed by atoms with E-state index in [1.54, 1.807) is 36.5 Å². The summed E-state index contributed by atoms with van der Waals surface area (Å²) in [5, 5.41) is 4.19. The monoisotopic (exact) mass is 408 g/mol. The molecule has 0 spiro atoms. The van der Waals surface area contributed by atoms with Crippen molar-refractivity contribution in [1.29, 1.82) is 0 Å². The molecule has 0 aliphatic heterocycles. The first-order chi connectivity index (χ1) is 13.7. The van der Waals surface area contributed by atoms with E-state index < -0.39 is 24.5 Å². The Kier molecular flexibility index (Phi) is 7.35. The Morgan fingerprint density at radius 2 is 1.66 bits per heavy atom. The van der Waals surface area contributed by atoms with Crippen molar-refractivity contribution in [3.05, 3.63) is 59.7 Å². The van der Waals surface area contributed by atoms with Crippen LogP contribution in [0.25, 0.3) is 0 Å². The van der Waals surface area contributed by atoms with Gasteiger partial charge in [-0.1, -0.05) is 19.1 Å². The highest BCUT2D eigenvalue weighted by molar-refractivity contribution is 6.04. The van der Waals surface area contributed by atoms with Crippen molar-refractivity contribution in [2.45, 2.75) is 19.5 Å². The molecule has 2 N–H and O–H groups in total. The lowest BCUT2D eigenvalue weighted by Gasteiger charge is -2.13. The maximum atomic E-state index is 12.3. The number of ketones is 1. The molecule has 2 rings (SSSR count). The normalized spacial score (nSPS) is 10.9. The van der Waals surface area contributed by atoms with Crippen LogP contribution in [0.2, 0.25) is 0 Å². The molecule has 0 heterocycles. The minimum absolute atomic E-state index is 0.0188. The second kappa shape index (κ2) is 9.72. The number of hydrogen-bond donors (Lipinski definition) is 2. The molecular weight excluding hydrogens is 389 g/mol. The zero-order valence-electron chi connectivity index (χ0n) is 15.5. The smallest absolute Gasteiger partial charge is 0.405 e. The van der Waals surface area contributed by atoms with Crippen molar-refractivity contribution in [2.75, 3.05) is 18.5 Å². The molecule has 0 saturated heterocycles. The van der Waals surface area contributed by atoms with Gasteiger partial charge in [0.25, 0.3) is 11.8 Å². The summed E-state index contributed by atoms with van der Waals surface area (Å²) >= 11 is 0. The van der Waals surface area contributed by atoms with Gasteiger partial charge in [-0.3, -0.25) is 14.4 Å². The van der Waals surface area contributed by atoms with E-state index in [-0.39, 0.29) is 23.6 Å². The Labute approximate surface area is 165 Å². The number of halogens is 3. The van der Waals surface area contributed by atoms with Crippen LogP contribution in [0.5, 0.6) is 5.75 Å². The molecule has 154 valence electrons. The van der Waals surface area contributed by atoms with Crippen molar-refractivity contribution in [3.8, 4) is 5.75 Å². The second-order valence-corrected chi connectivity index (χ2v) is 5.98. The summed E-state index contributed by atoms with van der Waals surface area (Å²) in [7, 11) is 0. The Hall–Kier alpha value is -3.36. The number of anilines is 1. The first-order valence-electron chi connectivity index (χ1n) is 8.69. The first-order valence-corrected chi connectivity index (χ1v) is 8.69. The predicted molar refractivity (Wildman–Crippen MR) is 100 cm³/mol. The predicted octanol–water partition coefficient (Wildman–Crippen LogP) is 3.59. The fraction of sp³-hybridized carbons (Fsp3) is 0.250. The van der Waals surface area contributed by atoms with Gasteiger partial charge in [0.05, 0.1) is 11.3 Å². The Bertz CT molecular complexity index is 880. The van der Waals surface area contributed by atoms with Crippen LogP contribution in [-0.4, -0.2) is 36.9 Å². The van der Waals surface area contributed by atoms with Crippen LogP contribution < -0.4 is 15.4 Å². The first kappa shape index (κ1) is 21.9. The topological polar surface area (TPSA) is 84.5 Å². The van der Waals surface area contributed by atoms with E-state index in [1.807, 2.05) is 0 Å². The molecule has 0 saturated carbocycles. The Balaban J connectivity index is 1.95. The van der Waals surface area contributed by atoms with Crippen molar-refractivity contribution in [1.82, 2.24) is 5.32 Å². The summed E-state index contributed by atoms with van der Waals surface area (Å²) in [5.41, 5.74) is 0.486. The summed E-state index contributed by atoms with van der Waals surface area (Å²) in [5.74, 6) is -1.22. The number of ether oxygens (including phenoxy) is 1. The molecule has 0 aliphatic rings. The van der Waals surface area contributed by atoms with Crippen LogP contribution in [0.3, 0.4) is 0 Å². The molecule has 0 fully saturated rings. The van der Waals surface area contributed by atoms with Crippen LogP contribution >= 0.6 is 0 Å². The highest BCUT2D eigenvalue weighted by Crippen LogP contribution is 2.18. The number of rotatable bonds is 8. The molecule has 2 amide bonds. The minimum Gasteiger partial charge on any atom is -0.484 e. The molecule has 0 aromatic heterocycles. The van der Waals surface area contributed by atoms with E-state index in [0.717, 1.165) is 0 Å². The van der Waals surface area contributed by atoms with Gasteiger partial charge in [-0.25, -0.2) is 0 Å². The average molecular weight is 408 g/mol. The standard InChI is InChI=1S/C20H19F3N2O4/c1-2-17(26)13-7-9-14(10-8-13)29-11-18(27)25-16-6-4-3-5-15(16)19(28)24-12-20(21,22)23/h3-10H,2,11-12H2,1H3,(H,24,28)(H,25,27). The Morgan fingerprint density at radius 1 is 1.00 bits per heavy atom. The fourth-order valence-corrected chi connectivity index (χ4v) is 2.34. The molecule has 29 heavy (non-hydrogen) atoms. The molecule has 6 nitrogen and oxygen atoms in total. The van der Waals surface area contributed by atoms with Crippen LogP contribution in [0.15, 0.2) is 48.5 Å². The van der Waals surface area contributed by atoms with Gasteiger partial charge in [-0.05, 0) is 36.4 Å². The zero-order valence-corrected chi connectivity index (χ0v) is 15.5. The number of benzene rings is 2. The van der Waals surface area contributed by atoms with E-state index in [1.165, 1.54) is 24.3 Å². The van der Waals surface area contributed by atoms with Crippen LogP contribution in [0.4, 0.5) is 18.9 Å². The Morgan fingerprint density at radius 3 is 2.28 bits per heavy atom. The third kappa shape index (κ3) is 6.95. The molecule has 0 unspecified atom stereocenters. The van der Waals surface area contributed by atoms with Crippen LogP contribution in [0.1, 0.15) is 34.1 Å². The molecule has 0 aliphatic carbocycles. The molecule has 9 heteroatoms. The summed E-state index contributed by atoms with van der Waals surface area (Å²) in [4.78, 5) is 35.6. The lowest BCUT2D eigenvalue weighted by Crippen LogP contribution is -2.34. The maximum absolute atomic E-state index is 12.3. The van der Waals surface area contributed by atoms with Crippen molar-refractivity contribution in [3.63, 3.8) is 0 Å². The zero-order chi connectivity index (χ0) is 21.4. The van der Waals surface area contributed by atoms with E-state index >= 15 is 0 Å². The molecular formula is C20H19F3N2O4. The highest BCUT2D eigenvalue weighted by atomic mass is 19.4. The highest BCUT2D eigenvalue weighted by Gasteiger charge is 2.28. The molecule has 2 aromatic carbocycles.